The van der Waals surface area contributed by atoms with E-state index in [0.29, 0.717) is 5.75 Å². The maximum absolute atomic E-state index is 9.95. The minimum Gasteiger partial charge on any atom is -0.508 e. The summed E-state index contributed by atoms with van der Waals surface area (Å²) in [5, 5.41) is 12.4. The van der Waals surface area contributed by atoms with Crippen molar-refractivity contribution in [3.63, 3.8) is 0 Å². The SMILES string of the molecule is Oc1ccc(Br)cc1Cc1cccc2ccccc12. The van der Waals surface area contributed by atoms with Crippen molar-refractivity contribution in [3.05, 3.63) is 76.3 Å². The minimum absolute atomic E-state index is 0.344. The van der Waals surface area contributed by atoms with Crippen LogP contribution in [-0.2, 0) is 6.42 Å². The van der Waals surface area contributed by atoms with Crippen LogP contribution < -0.4 is 0 Å². The van der Waals surface area contributed by atoms with Crippen LogP contribution in [0.15, 0.2) is 65.1 Å². The van der Waals surface area contributed by atoms with Crippen molar-refractivity contribution in [3.8, 4) is 5.75 Å². The number of phenols is 1. The van der Waals surface area contributed by atoms with Gasteiger partial charge in [-0.25, -0.2) is 0 Å². The van der Waals surface area contributed by atoms with Gasteiger partial charge in [-0.2, -0.15) is 0 Å². The molecule has 0 heterocycles. The number of hydrogen-bond acceptors (Lipinski definition) is 1. The molecular weight excluding hydrogens is 300 g/mol. The number of hydrogen-bond donors (Lipinski definition) is 1. The Bertz CT molecular complexity index is 729. The molecular formula is C17H13BrO. The number of fused-ring (bicyclic) bond motifs is 1. The number of benzene rings is 3. The van der Waals surface area contributed by atoms with Gasteiger partial charge in [0.05, 0.1) is 0 Å². The van der Waals surface area contributed by atoms with Crippen molar-refractivity contribution in [1.29, 1.82) is 0 Å². The Kier molecular flexibility index (Phi) is 3.26. The normalized spacial score (nSPS) is 10.8. The van der Waals surface area contributed by atoms with Gasteiger partial charge in [-0.05, 0) is 40.1 Å². The van der Waals surface area contributed by atoms with Crippen molar-refractivity contribution in [1.82, 2.24) is 0 Å². The summed E-state index contributed by atoms with van der Waals surface area (Å²) in [7, 11) is 0. The van der Waals surface area contributed by atoms with Gasteiger partial charge in [0.2, 0.25) is 0 Å². The molecule has 0 aliphatic carbocycles. The van der Waals surface area contributed by atoms with Crippen LogP contribution >= 0.6 is 15.9 Å². The molecule has 0 amide bonds. The third-order valence-electron chi connectivity index (χ3n) is 3.30. The van der Waals surface area contributed by atoms with Gasteiger partial charge in [-0.15, -0.1) is 0 Å². The molecule has 0 bridgehead atoms. The van der Waals surface area contributed by atoms with E-state index in [1.807, 2.05) is 24.3 Å². The standard InChI is InChI=1S/C17H13BrO/c18-15-8-9-17(19)14(11-15)10-13-6-3-5-12-4-1-2-7-16(12)13/h1-9,11,19H,10H2. The van der Waals surface area contributed by atoms with E-state index in [9.17, 15) is 5.11 Å². The predicted octanol–water partition coefficient (Wildman–Crippen LogP) is 4.90. The second kappa shape index (κ2) is 5.06. The summed E-state index contributed by atoms with van der Waals surface area (Å²) in [4.78, 5) is 0. The Morgan fingerprint density at radius 3 is 2.53 bits per heavy atom. The number of aromatic hydroxyl groups is 1. The van der Waals surface area contributed by atoms with Crippen LogP contribution in [0.5, 0.6) is 5.75 Å². The summed E-state index contributed by atoms with van der Waals surface area (Å²) in [6.07, 6.45) is 0.729. The molecule has 19 heavy (non-hydrogen) atoms. The fraction of sp³-hybridized carbons (Fsp3) is 0.0588. The first kappa shape index (κ1) is 12.2. The van der Waals surface area contributed by atoms with E-state index in [1.54, 1.807) is 6.07 Å². The Hall–Kier alpha value is -1.80. The molecule has 0 fully saturated rings. The van der Waals surface area contributed by atoms with Gasteiger partial charge in [0.1, 0.15) is 5.75 Å². The van der Waals surface area contributed by atoms with Crippen LogP contribution in [0.25, 0.3) is 10.8 Å². The first-order chi connectivity index (χ1) is 9.24. The largest absolute Gasteiger partial charge is 0.508 e. The fourth-order valence-corrected chi connectivity index (χ4v) is 2.76. The number of halogens is 1. The lowest BCUT2D eigenvalue weighted by molar-refractivity contribution is 0.469. The lowest BCUT2D eigenvalue weighted by Gasteiger charge is -2.08. The second-order valence-corrected chi connectivity index (χ2v) is 5.50. The van der Waals surface area contributed by atoms with E-state index in [0.717, 1.165) is 16.5 Å². The first-order valence-electron chi connectivity index (χ1n) is 6.18. The Morgan fingerprint density at radius 2 is 1.63 bits per heavy atom. The molecule has 0 aromatic heterocycles. The molecule has 0 atom stereocenters. The van der Waals surface area contributed by atoms with E-state index in [4.69, 9.17) is 0 Å². The molecule has 0 aliphatic heterocycles. The zero-order valence-corrected chi connectivity index (χ0v) is 11.9. The molecule has 3 aromatic carbocycles. The van der Waals surface area contributed by atoms with Gasteiger partial charge in [-0.1, -0.05) is 58.4 Å². The molecule has 0 spiro atoms. The molecule has 3 aromatic rings. The highest BCUT2D eigenvalue weighted by molar-refractivity contribution is 9.10. The highest BCUT2D eigenvalue weighted by Gasteiger charge is 2.06. The van der Waals surface area contributed by atoms with Gasteiger partial charge >= 0.3 is 0 Å². The molecule has 1 N–H and O–H groups in total. The summed E-state index contributed by atoms with van der Waals surface area (Å²) in [6.45, 7) is 0. The summed E-state index contributed by atoms with van der Waals surface area (Å²) in [6, 6.07) is 20.2. The Labute approximate surface area is 120 Å². The van der Waals surface area contributed by atoms with Crippen molar-refractivity contribution in [2.45, 2.75) is 6.42 Å². The molecule has 0 radical (unpaired) electrons. The van der Waals surface area contributed by atoms with E-state index in [-0.39, 0.29) is 0 Å². The highest BCUT2D eigenvalue weighted by Crippen LogP contribution is 2.27. The first-order valence-corrected chi connectivity index (χ1v) is 6.97. The van der Waals surface area contributed by atoms with Crippen LogP contribution in [-0.4, -0.2) is 5.11 Å². The maximum atomic E-state index is 9.95. The summed E-state index contributed by atoms with van der Waals surface area (Å²) >= 11 is 3.45. The smallest absolute Gasteiger partial charge is 0.119 e. The van der Waals surface area contributed by atoms with Gasteiger partial charge in [-0.3, -0.25) is 0 Å². The molecule has 3 rings (SSSR count). The molecule has 0 unspecified atom stereocenters. The lowest BCUT2D eigenvalue weighted by atomic mass is 9.98. The third kappa shape index (κ3) is 2.49. The Balaban J connectivity index is 2.08. The molecule has 0 saturated heterocycles. The fourth-order valence-electron chi connectivity index (χ4n) is 2.35. The predicted molar refractivity (Wildman–Crippen MR) is 82.6 cm³/mol. The molecule has 0 saturated carbocycles. The minimum atomic E-state index is 0.344. The average molecular weight is 313 g/mol. The summed E-state index contributed by atoms with van der Waals surface area (Å²) < 4.78 is 0.987. The Morgan fingerprint density at radius 1 is 0.842 bits per heavy atom. The monoisotopic (exact) mass is 312 g/mol. The molecule has 94 valence electrons. The van der Waals surface area contributed by atoms with Crippen molar-refractivity contribution in [2.75, 3.05) is 0 Å². The van der Waals surface area contributed by atoms with Crippen LogP contribution in [0.3, 0.4) is 0 Å². The average Bonchev–Trinajstić information content (AvgIpc) is 2.43. The van der Waals surface area contributed by atoms with Crippen molar-refractivity contribution >= 4 is 26.7 Å². The summed E-state index contributed by atoms with van der Waals surface area (Å²) in [5.41, 5.74) is 2.16. The zero-order chi connectivity index (χ0) is 13.2. The van der Waals surface area contributed by atoms with Crippen LogP contribution in [0.2, 0.25) is 0 Å². The van der Waals surface area contributed by atoms with Gasteiger partial charge < -0.3 is 5.11 Å². The van der Waals surface area contributed by atoms with Gasteiger partial charge in [0.25, 0.3) is 0 Å². The van der Waals surface area contributed by atoms with Gasteiger partial charge in [0.15, 0.2) is 0 Å². The van der Waals surface area contributed by atoms with Crippen LogP contribution in [0.1, 0.15) is 11.1 Å². The zero-order valence-electron chi connectivity index (χ0n) is 10.3. The van der Waals surface area contributed by atoms with Crippen LogP contribution in [0.4, 0.5) is 0 Å². The topological polar surface area (TPSA) is 20.2 Å². The third-order valence-corrected chi connectivity index (χ3v) is 3.80. The lowest BCUT2D eigenvalue weighted by Crippen LogP contribution is -1.90. The highest BCUT2D eigenvalue weighted by atomic mass is 79.9. The van der Waals surface area contributed by atoms with Gasteiger partial charge in [0, 0.05) is 10.9 Å². The van der Waals surface area contributed by atoms with E-state index < -0.39 is 0 Å². The second-order valence-electron chi connectivity index (χ2n) is 4.59. The molecule has 0 aliphatic rings. The van der Waals surface area contributed by atoms with E-state index >= 15 is 0 Å². The summed E-state index contributed by atoms with van der Waals surface area (Å²) in [5.74, 6) is 0.344. The van der Waals surface area contributed by atoms with Crippen LogP contribution in [0, 0.1) is 0 Å². The van der Waals surface area contributed by atoms with Crippen molar-refractivity contribution in [2.24, 2.45) is 0 Å². The quantitative estimate of drug-likeness (QED) is 0.713. The van der Waals surface area contributed by atoms with E-state index in [1.165, 1.54) is 16.3 Å². The molecule has 1 nitrogen and oxygen atoms in total. The van der Waals surface area contributed by atoms with Crippen molar-refractivity contribution < 1.29 is 5.11 Å². The number of rotatable bonds is 2. The number of phenolic OH excluding ortho intramolecular Hbond substituents is 1. The van der Waals surface area contributed by atoms with E-state index in [2.05, 4.69) is 46.3 Å². The maximum Gasteiger partial charge on any atom is 0.119 e. The molecule has 2 heteroatoms.